The number of hydrogen-bond acceptors (Lipinski definition) is 8. The number of hydrogen-bond donors (Lipinski definition) is 2. The van der Waals surface area contributed by atoms with Crippen molar-refractivity contribution in [2.75, 3.05) is 32.2 Å². The monoisotopic (exact) mass is 505 g/mol. The lowest BCUT2D eigenvalue weighted by molar-refractivity contribution is -0.136. The maximum absolute atomic E-state index is 15.0. The van der Waals surface area contributed by atoms with Crippen molar-refractivity contribution in [2.24, 2.45) is 0 Å². The normalized spacial score (nSPS) is 12.4. The summed E-state index contributed by atoms with van der Waals surface area (Å²) in [6.45, 7) is -2.27. The van der Waals surface area contributed by atoms with E-state index in [1.165, 1.54) is 25.6 Å². The lowest BCUT2D eigenvalue weighted by Gasteiger charge is -2.22. The van der Waals surface area contributed by atoms with Gasteiger partial charge in [0, 0.05) is 35.4 Å². The zero-order valence-corrected chi connectivity index (χ0v) is 19.1. The number of halogens is 3. The summed E-state index contributed by atoms with van der Waals surface area (Å²) in [5.41, 5.74) is 1.22. The predicted octanol–water partition coefficient (Wildman–Crippen LogP) is 3.95. The van der Waals surface area contributed by atoms with Crippen molar-refractivity contribution >= 4 is 11.8 Å². The molecule has 12 heteroatoms. The molecule has 0 unspecified atom stereocenters. The van der Waals surface area contributed by atoms with Crippen molar-refractivity contribution < 1.29 is 42.0 Å². The number of fused-ring (bicyclic) bond motifs is 1. The van der Waals surface area contributed by atoms with Gasteiger partial charge in [0.2, 0.25) is 0 Å². The highest BCUT2D eigenvalue weighted by atomic mass is 19.3. The number of aromatic nitrogens is 2. The largest absolute Gasteiger partial charge is 0.496 e. The minimum atomic E-state index is -3.12. The second-order valence-electron chi connectivity index (χ2n) is 7.63. The van der Waals surface area contributed by atoms with Crippen LogP contribution in [0.25, 0.3) is 11.3 Å². The Bertz CT molecular complexity index is 1260. The molecule has 0 fully saturated rings. The number of methoxy groups -OCH3 is 1. The number of carboxylic acids is 1. The molecule has 190 valence electrons. The summed E-state index contributed by atoms with van der Waals surface area (Å²) in [6.07, 6.45) is 1.04. The Balaban J connectivity index is 1.50. The number of anilines is 1. The highest BCUT2D eigenvalue weighted by Crippen LogP contribution is 2.40. The van der Waals surface area contributed by atoms with E-state index in [2.05, 4.69) is 20.0 Å². The van der Waals surface area contributed by atoms with E-state index in [9.17, 15) is 13.6 Å². The molecule has 2 aromatic carbocycles. The average molecular weight is 505 g/mol. The van der Waals surface area contributed by atoms with Gasteiger partial charge in [-0.1, -0.05) is 12.1 Å². The van der Waals surface area contributed by atoms with Crippen LogP contribution in [-0.4, -0.2) is 54.5 Å². The molecule has 0 radical (unpaired) electrons. The first kappa shape index (κ1) is 24.9. The van der Waals surface area contributed by atoms with Gasteiger partial charge in [0.25, 0.3) is 0 Å². The SMILES string of the molecule is COc1cc2c(c(F)c1CCNc1cc(-c3ccc(CC(=O)O)c(OC(F)F)c3)ncn1)OCCO2. The van der Waals surface area contributed by atoms with Crippen molar-refractivity contribution in [2.45, 2.75) is 19.5 Å². The first-order valence-corrected chi connectivity index (χ1v) is 10.9. The number of aliphatic carboxylic acids is 1. The summed E-state index contributed by atoms with van der Waals surface area (Å²) in [4.78, 5) is 19.3. The molecule has 0 aliphatic carbocycles. The van der Waals surface area contributed by atoms with Crippen LogP contribution in [0.5, 0.6) is 23.0 Å². The molecule has 1 aliphatic heterocycles. The Morgan fingerprint density at radius 2 is 1.97 bits per heavy atom. The number of benzene rings is 2. The zero-order valence-electron chi connectivity index (χ0n) is 19.1. The minimum Gasteiger partial charge on any atom is -0.496 e. The molecule has 0 saturated carbocycles. The van der Waals surface area contributed by atoms with E-state index in [4.69, 9.17) is 19.3 Å². The number of carboxylic acid groups (broad SMARTS) is 1. The molecule has 2 heterocycles. The van der Waals surface area contributed by atoms with E-state index < -0.39 is 24.8 Å². The number of alkyl halides is 2. The Labute approximate surface area is 203 Å². The van der Waals surface area contributed by atoms with Crippen LogP contribution in [0, 0.1) is 5.82 Å². The Hall–Kier alpha value is -4.22. The van der Waals surface area contributed by atoms with E-state index in [1.54, 1.807) is 18.2 Å². The lowest BCUT2D eigenvalue weighted by Crippen LogP contribution is -2.18. The van der Waals surface area contributed by atoms with Crippen LogP contribution in [0.4, 0.5) is 19.0 Å². The fraction of sp³-hybridized carbons (Fsp3) is 0.292. The number of rotatable bonds is 10. The van der Waals surface area contributed by atoms with Crippen molar-refractivity contribution in [3.8, 4) is 34.3 Å². The van der Waals surface area contributed by atoms with Gasteiger partial charge in [-0.25, -0.2) is 14.4 Å². The second kappa shape index (κ2) is 11.0. The Morgan fingerprint density at radius 1 is 1.17 bits per heavy atom. The number of carbonyl (C=O) groups is 1. The van der Waals surface area contributed by atoms with Gasteiger partial charge in [-0.2, -0.15) is 8.78 Å². The third-order valence-electron chi connectivity index (χ3n) is 5.32. The van der Waals surface area contributed by atoms with Gasteiger partial charge >= 0.3 is 12.6 Å². The van der Waals surface area contributed by atoms with Crippen molar-refractivity contribution in [3.63, 3.8) is 0 Å². The van der Waals surface area contributed by atoms with Crippen molar-refractivity contribution in [1.82, 2.24) is 9.97 Å². The number of nitrogens with zero attached hydrogens (tertiary/aromatic N) is 2. The second-order valence-corrected chi connectivity index (χ2v) is 7.63. The van der Waals surface area contributed by atoms with Gasteiger partial charge < -0.3 is 29.4 Å². The van der Waals surface area contributed by atoms with Crippen LogP contribution in [0.3, 0.4) is 0 Å². The topological polar surface area (TPSA) is 112 Å². The van der Waals surface area contributed by atoms with Crippen LogP contribution in [0.1, 0.15) is 11.1 Å². The summed E-state index contributed by atoms with van der Waals surface area (Å²) in [5.74, 6) is -0.910. The fourth-order valence-corrected chi connectivity index (χ4v) is 3.73. The van der Waals surface area contributed by atoms with E-state index >= 15 is 4.39 Å². The number of ether oxygens (including phenoxy) is 4. The minimum absolute atomic E-state index is 0.0505. The third kappa shape index (κ3) is 5.70. The first-order chi connectivity index (χ1) is 17.4. The van der Waals surface area contributed by atoms with Gasteiger partial charge in [0.05, 0.1) is 19.2 Å². The van der Waals surface area contributed by atoms with E-state index in [-0.39, 0.29) is 42.4 Å². The quantitative estimate of drug-likeness (QED) is 0.423. The van der Waals surface area contributed by atoms with Crippen molar-refractivity contribution in [3.05, 3.63) is 53.6 Å². The van der Waals surface area contributed by atoms with Crippen molar-refractivity contribution in [1.29, 1.82) is 0 Å². The third-order valence-corrected chi connectivity index (χ3v) is 5.32. The highest BCUT2D eigenvalue weighted by molar-refractivity contribution is 5.73. The maximum atomic E-state index is 15.0. The number of nitrogens with one attached hydrogen (secondary N) is 1. The molecule has 1 aromatic heterocycles. The molecule has 36 heavy (non-hydrogen) atoms. The highest BCUT2D eigenvalue weighted by Gasteiger charge is 2.23. The molecule has 3 aromatic rings. The van der Waals surface area contributed by atoms with Gasteiger partial charge in [-0.05, 0) is 12.5 Å². The fourth-order valence-electron chi connectivity index (χ4n) is 3.73. The molecule has 0 amide bonds. The van der Waals surface area contributed by atoms with Gasteiger partial charge in [0.1, 0.15) is 36.9 Å². The lowest BCUT2D eigenvalue weighted by atomic mass is 10.1. The molecule has 4 rings (SSSR count). The molecular weight excluding hydrogens is 483 g/mol. The zero-order chi connectivity index (χ0) is 25.7. The van der Waals surface area contributed by atoms with Gasteiger partial charge in [-0.3, -0.25) is 4.79 Å². The molecule has 0 atom stereocenters. The van der Waals surface area contributed by atoms with Crippen LogP contribution in [0.2, 0.25) is 0 Å². The molecule has 0 spiro atoms. The van der Waals surface area contributed by atoms with Crippen LogP contribution in [0.15, 0.2) is 36.7 Å². The first-order valence-electron chi connectivity index (χ1n) is 10.9. The molecule has 0 bridgehead atoms. The summed E-state index contributed by atoms with van der Waals surface area (Å²) in [6, 6.07) is 7.41. The van der Waals surface area contributed by atoms with Crippen LogP contribution >= 0.6 is 0 Å². The Kier molecular flexibility index (Phi) is 7.62. The summed E-state index contributed by atoms with van der Waals surface area (Å²) >= 11 is 0. The van der Waals surface area contributed by atoms with E-state index in [0.29, 0.717) is 35.0 Å². The maximum Gasteiger partial charge on any atom is 0.387 e. The molecule has 2 N–H and O–H groups in total. The van der Waals surface area contributed by atoms with Gasteiger partial charge in [-0.15, -0.1) is 0 Å². The van der Waals surface area contributed by atoms with Crippen LogP contribution < -0.4 is 24.3 Å². The smallest absolute Gasteiger partial charge is 0.387 e. The van der Waals surface area contributed by atoms with E-state index in [0.717, 1.165) is 0 Å². The molecule has 1 aliphatic rings. The summed E-state index contributed by atoms with van der Waals surface area (Å²) < 4.78 is 61.3. The van der Waals surface area contributed by atoms with E-state index in [1.807, 2.05) is 0 Å². The standard InChI is InChI=1S/C24H22F3N3O6/c1-33-18-11-19-23(35-7-6-34-19)22(25)15(18)4-5-28-20-10-16(29-12-30-20)13-2-3-14(9-21(31)32)17(8-13)36-24(26)27/h2-3,8,10-12,24H,4-7,9H2,1H3,(H,31,32)(H,28,29,30). The van der Waals surface area contributed by atoms with Crippen LogP contribution in [-0.2, 0) is 17.6 Å². The predicted molar refractivity (Wildman–Crippen MR) is 122 cm³/mol. The average Bonchev–Trinajstić information content (AvgIpc) is 2.86. The Morgan fingerprint density at radius 3 is 2.72 bits per heavy atom. The molecule has 0 saturated heterocycles. The summed E-state index contributed by atoms with van der Waals surface area (Å²) in [7, 11) is 1.44. The summed E-state index contributed by atoms with van der Waals surface area (Å²) in [5, 5.41) is 12.1. The van der Waals surface area contributed by atoms with Gasteiger partial charge in [0.15, 0.2) is 17.3 Å². The molecule has 9 nitrogen and oxygen atoms in total. The molecular formula is C24H22F3N3O6.